The van der Waals surface area contributed by atoms with Gasteiger partial charge < -0.3 is 18.9 Å². The molecule has 8 heteroatoms. The second-order valence-corrected chi connectivity index (χ2v) is 8.03. The molecular formula is C21H21N3O4S. The van der Waals surface area contributed by atoms with E-state index in [9.17, 15) is 13.8 Å². The predicted molar refractivity (Wildman–Crippen MR) is 111 cm³/mol. The molecule has 2 amide bonds. The first-order valence-electron chi connectivity index (χ1n) is 9.27. The zero-order chi connectivity index (χ0) is 20.5. The smallest absolute Gasteiger partial charge is 0.246 e. The van der Waals surface area contributed by atoms with Crippen molar-refractivity contribution in [1.82, 2.24) is 9.47 Å². The lowest BCUT2D eigenvalue weighted by Gasteiger charge is -2.34. The Hall–Kier alpha value is -2.97. The van der Waals surface area contributed by atoms with Crippen molar-refractivity contribution in [2.45, 2.75) is 18.4 Å². The van der Waals surface area contributed by atoms with Crippen LogP contribution in [-0.4, -0.2) is 49.7 Å². The molecule has 1 fully saturated rings. The molecular weight excluding hydrogens is 390 g/mol. The van der Waals surface area contributed by atoms with Gasteiger partial charge in [0, 0.05) is 35.9 Å². The number of benzene rings is 2. The third kappa shape index (κ3) is 3.81. The number of fused-ring (bicyclic) bond motifs is 1. The Morgan fingerprint density at radius 3 is 2.52 bits per heavy atom. The summed E-state index contributed by atoms with van der Waals surface area (Å²) in [5, 5.41) is 1.12. The lowest BCUT2D eigenvalue weighted by atomic mass is 10.2. The van der Waals surface area contributed by atoms with Crippen molar-refractivity contribution in [3.8, 4) is 0 Å². The number of piperazine rings is 1. The minimum atomic E-state index is -2.05. The average Bonchev–Trinajstić information content (AvgIpc) is 3.03. The highest BCUT2D eigenvalue weighted by molar-refractivity contribution is 7.79. The molecule has 0 saturated carbocycles. The van der Waals surface area contributed by atoms with E-state index in [4.69, 9.17) is 4.55 Å². The molecule has 1 aromatic heterocycles. The first kappa shape index (κ1) is 19.4. The molecule has 29 heavy (non-hydrogen) atoms. The second-order valence-electron chi connectivity index (χ2n) is 7.06. The number of rotatable bonds is 4. The van der Waals surface area contributed by atoms with Crippen LogP contribution in [0.5, 0.6) is 0 Å². The summed E-state index contributed by atoms with van der Waals surface area (Å²) in [6.45, 7) is 3.06. The lowest BCUT2D eigenvalue weighted by Crippen LogP contribution is -2.53. The van der Waals surface area contributed by atoms with Crippen LogP contribution in [0.2, 0.25) is 0 Å². The molecule has 0 spiro atoms. The summed E-state index contributed by atoms with van der Waals surface area (Å²) >= 11 is -2.05. The maximum absolute atomic E-state index is 12.8. The van der Waals surface area contributed by atoms with Gasteiger partial charge in [-0.3, -0.25) is 9.59 Å². The molecule has 2 heterocycles. The number of anilines is 1. The van der Waals surface area contributed by atoms with E-state index in [0.29, 0.717) is 18.8 Å². The number of para-hydroxylation sites is 1. The maximum Gasteiger partial charge on any atom is 0.246 e. The van der Waals surface area contributed by atoms with Crippen molar-refractivity contribution < 1.29 is 18.4 Å². The zero-order valence-electron chi connectivity index (χ0n) is 15.9. The van der Waals surface area contributed by atoms with Crippen LogP contribution >= 0.6 is 0 Å². The van der Waals surface area contributed by atoms with Gasteiger partial charge in [-0.2, -0.15) is 0 Å². The van der Waals surface area contributed by atoms with Gasteiger partial charge in [0.2, 0.25) is 11.8 Å². The lowest BCUT2D eigenvalue weighted by molar-refractivity contribution is -0.137. The number of aryl methyl sites for hydroxylation is 1. The summed E-state index contributed by atoms with van der Waals surface area (Å²) in [5.74, 6) is -0.263. The van der Waals surface area contributed by atoms with Gasteiger partial charge in [0.1, 0.15) is 13.1 Å². The molecule has 7 nitrogen and oxygen atoms in total. The van der Waals surface area contributed by atoms with Gasteiger partial charge in [0.05, 0.1) is 4.90 Å². The van der Waals surface area contributed by atoms with Crippen molar-refractivity contribution >= 4 is 39.5 Å². The van der Waals surface area contributed by atoms with Gasteiger partial charge in [0.25, 0.3) is 0 Å². The van der Waals surface area contributed by atoms with Crippen molar-refractivity contribution in [1.29, 1.82) is 0 Å². The minimum Gasteiger partial charge on any atom is -0.338 e. The molecule has 1 aliphatic rings. The van der Waals surface area contributed by atoms with Crippen molar-refractivity contribution in [3.05, 3.63) is 60.3 Å². The van der Waals surface area contributed by atoms with Gasteiger partial charge in [-0.15, -0.1) is 0 Å². The van der Waals surface area contributed by atoms with E-state index in [2.05, 4.69) is 0 Å². The highest BCUT2D eigenvalue weighted by Crippen LogP contribution is 2.22. The number of aromatic nitrogens is 1. The van der Waals surface area contributed by atoms with Crippen LogP contribution in [0.25, 0.3) is 10.9 Å². The third-order valence-electron chi connectivity index (χ3n) is 5.22. The average molecular weight is 411 g/mol. The number of hydrogen-bond donors (Lipinski definition) is 1. The molecule has 0 aliphatic carbocycles. The Bertz CT molecular complexity index is 1110. The summed E-state index contributed by atoms with van der Waals surface area (Å²) in [6.07, 6.45) is 1.97. The van der Waals surface area contributed by atoms with Crippen LogP contribution in [-0.2, 0) is 27.2 Å². The summed E-state index contributed by atoms with van der Waals surface area (Å²) in [4.78, 5) is 28.9. The zero-order valence-corrected chi connectivity index (χ0v) is 16.8. The number of carbonyl (C=O) groups is 2. The van der Waals surface area contributed by atoms with Gasteiger partial charge in [0.15, 0.2) is 11.1 Å². The van der Waals surface area contributed by atoms with Gasteiger partial charge in [-0.25, -0.2) is 4.21 Å². The molecule has 2 aromatic carbocycles. The number of carbonyl (C=O) groups excluding carboxylic acids is 2. The third-order valence-corrected chi connectivity index (χ3v) is 5.89. The van der Waals surface area contributed by atoms with Crippen LogP contribution in [0, 0.1) is 6.92 Å². The molecule has 1 atom stereocenters. The largest absolute Gasteiger partial charge is 0.338 e. The van der Waals surface area contributed by atoms with Crippen molar-refractivity contribution in [2.24, 2.45) is 0 Å². The first-order valence-corrected chi connectivity index (χ1v) is 10.4. The molecule has 1 unspecified atom stereocenters. The summed E-state index contributed by atoms with van der Waals surface area (Å²) in [7, 11) is 0. The Kier molecular flexibility index (Phi) is 5.21. The molecule has 0 radical (unpaired) electrons. The van der Waals surface area contributed by atoms with Crippen LogP contribution in [0.4, 0.5) is 5.69 Å². The van der Waals surface area contributed by atoms with Crippen LogP contribution in [0.3, 0.4) is 0 Å². The van der Waals surface area contributed by atoms with E-state index < -0.39 is 11.1 Å². The molecule has 1 saturated heterocycles. The predicted octanol–water partition coefficient (Wildman–Crippen LogP) is 2.41. The van der Waals surface area contributed by atoms with Gasteiger partial charge in [-0.1, -0.05) is 18.2 Å². The van der Waals surface area contributed by atoms with Crippen molar-refractivity contribution in [3.63, 3.8) is 0 Å². The number of amides is 2. The van der Waals surface area contributed by atoms with Gasteiger partial charge >= 0.3 is 0 Å². The highest BCUT2D eigenvalue weighted by Gasteiger charge is 2.28. The Balaban J connectivity index is 1.44. The molecule has 3 aromatic rings. The SMILES string of the molecule is Cc1cn(CC(=O)N2CCN(c3ccc(S(=O)O)cc3)C(=O)C2)c2ccccc12. The van der Waals surface area contributed by atoms with Crippen molar-refractivity contribution in [2.75, 3.05) is 24.5 Å². The van der Waals surface area contributed by atoms with E-state index >= 15 is 0 Å². The molecule has 1 aliphatic heterocycles. The quantitative estimate of drug-likeness (QED) is 0.669. The van der Waals surface area contributed by atoms with Crippen LogP contribution in [0.15, 0.2) is 59.6 Å². The first-order chi connectivity index (χ1) is 13.9. The van der Waals surface area contributed by atoms with E-state index in [-0.39, 0.29) is 29.8 Å². The van der Waals surface area contributed by atoms with E-state index in [1.807, 2.05) is 42.0 Å². The Morgan fingerprint density at radius 2 is 1.83 bits per heavy atom. The maximum atomic E-state index is 12.8. The van der Waals surface area contributed by atoms with Gasteiger partial charge in [-0.05, 0) is 42.8 Å². The number of nitrogens with zero attached hydrogens (tertiary/aromatic N) is 3. The summed E-state index contributed by atoms with van der Waals surface area (Å²) in [6, 6.07) is 14.3. The Labute approximate surface area is 170 Å². The van der Waals surface area contributed by atoms with E-state index in [0.717, 1.165) is 16.5 Å². The fourth-order valence-electron chi connectivity index (χ4n) is 3.71. The number of hydrogen-bond acceptors (Lipinski definition) is 3. The van der Waals surface area contributed by atoms with E-state index in [1.165, 1.54) is 12.1 Å². The van der Waals surface area contributed by atoms with Crippen LogP contribution < -0.4 is 4.90 Å². The summed E-state index contributed by atoms with van der Waals surface area (Å²) in [5.41, 5.74) is 2.77. The highest BCUT2D eigenvalue weighted by atomic mass is 32.2. The second kappa shape index (κ2) is 7.81. The topological polar surface area (TPSA) is 82.8 Å². The van der Waals surface area contributed by atoms with Crippen LogP contribution in [0.1, 0.15) is 5.56 Å². The molecule has 0 bridgehead atoms. The monoisotopic (exact) mass is 411 g/mol. The normalized spacial score (nSPS) is 15.7. The fraction of sp³-hybridized carbons (Fsp3) is 0.238. The molecule has 4 rings (SSSR count). The standard InChI is InChI=1S/C21H21N3O4S/c1-15-12-23(19-5-3-2-4-18(15)19)13-20(25)22-10-11-24(21(26)14-22)16-6-8-17(9-7-16)29(27)28/h2-9,12H,10-11,13-14H2,1H3,(H,27,28). The summed E-state index contributed by atoms with van der Waals surface area (Å²) < 4.78 is 22.1. The minimum absolute atomic E-state index is 0.0186. The fourth-order valence-corrected chi connectivity index (χ4v) is 4.08. The molecule has 150 valence electrons. The molecule has 1 N–H and O–H groups in total. The van der Waals surface area contributed by atoms with E-state index in [1.54, 1.807) is 21.9 Å². The Morgan fingerprint density at radius 1 is 1.10 bits per heavy atom.